The van der Waals surface area contributed by atoms with Crippen molar-refractivity contribution in [1.29, 1.82) is 0 Å². The first-order valence-electron chi connectivity index (χ1n) is 4.53. The lowest BCUT2D eigenvalue weighted by atomic mass is 10.5. The van der Waals surface area contributed by atoms with Gasteiger partial charge >= 0.3 is 0 Å². The van der Waals surface area contributed by atoms with Crippen LogP contribution in [0.5, 0.6) is 5.88 Å². The molecule has 2 heterocycles. The summed E-state index contributed by atoms with van der Waals surface area (Å²) in [5.74, 6) is 0.929. The molecule has 0 aromatic carbocycles. The highest BCUT2D eigenvalue weighted by Gasteiger charge is 2.06. The van der Waals surface area contributed by atoms with E-state index in [-0.39, 0.29) is 0 Å². The molecule has 5 nitrogen and oxygen atoms in total. The maximum atomic E-state index is 5.62. The number of ether oxygens (including phenoxy) is 1. The lowest BCUT2D eigenvalue weighted by molar-refractivity contribution is 0.308. The highest BCUT2D eigenvalue weighted by Crippen LogP contribution is 2.16. The van der Waals surface area contributed by atoms with Gasteiger partial charge in [0.25, 0.3) is 5.88 Å². The third-order valence-electron chi connectivity index (χ3n) is 1.80. The van der Waals surface area contributed by atoms with Crippen molar-refractivity contribution < 1.29 is 4.74 Å². The number of imidazole rings is 1. The number of nitrogens with zero attached hydrogens (tertiary/aromatic N) is 3. The van der Waals surface area contributed by atoms with Crippen LogP contribution in [0.3, 0.4) is 0 Å². The van der Waals surface area contributed by atoms with Crippen molar-refractivity contribution in [3.63, 3.8) is 0 Å². The molecule has 2 rings (SSSR count). The zero-order valence-electron chi connectivity index (χ0n) is 7.97. The van der Waals surface area contributed by atoms with Crippen LogP contribution >= 0.6 is 0 Å². The Bertz CT molecular complexity index is 437. The molecule has 0 amide bonds. The predicted molar refractivity (Wildman–Crippen MR) is 53.2 cm³/mol. The van der Waals surface area contributed by atoms with Gasteiger partial charge in [-0.25, -0.2) is 4.98 Å². The summed E-state index contributed by atoms with van der Waals surface area (Å²) in [5, 5.41) is 0. The fourth-order valence-corrected chi connectivity index (χ4v) is 1.22. The summed E-state index contributed by atoms with van der Waals surface area (Å²) >= 11 is 0. The van der Waals surface area contributed by atoms with E-state index in [1.54, 1.807) is 16.8 Å². The second kappa shape index (κ2) is 3.53. The van der Waals surface area contributed by atoms with Crippen molar-refractivity contribution in [3.8, 4) is 5.88 Å². The Balaban J connectivity index is 2.44. The van der Waals surface area contributed by atoms with Gasteiger partial charge in [-0.2, -0.15) is 4.98 Å². The van der Waals surface area contributed by atoms with E-state index in [1.807, 2.05) is 13.1 Å². The lowest BCUT2D eigenvalue weighted by Gasteiger charge is -2.05. The normalized spacial score (nSPS) is 10.6. The van der Waals surface area contributed by atoms with E-state index in [2.05, 4.69) is 9.97 Å². The van der Waals surface area contributed by atoms with Gasteiger partial charge in [-0.15, -0.1) is 0 Å². The van der Waals surface area contributed by atoms with E-state index in [4.69, 9.17) is 10.5 Å². The third-order valence-corrected chi connectivity index (χ3v) is 1.80. The molecule has 0 aliphatic heterocycles. The number of anilines is 1. The number of hydrogen-bond donors (Lipinski definition) is 1. The van der Waals surface area contributed by atoms with E-state index in [9.17, 15) is 0 Å². The topological polar surface area (TPSA) is 65.4 Å². The summed E-state index contributed by atoms with van der Waals surface area (Å²) in [7, 11) is 0. The maximum absolute atomic E-state index is 5.62. The molecule has 2 aromatic heterocycles. The van der Waals surface area contributed by atoms with Crippen LogP contribution in [0.2, 0.25) is 0 Å². The Morgan fingerprint density at radius 1 is 1.57 bits per heavy atom. The van der Waals surface area contributed by atoms with E-state index >= 15 is 0 Å². The van der Waals surface area contributed by atoms with Gasteiger partial charge in [0.1, 0.15) is 5.82 Å². The number of nitrogen functional groups attached to an aromatic ring is 1. The number of nitrogens with two attached hydrogens (primary N) is 1. The SMILES string of the molecule is CCCOc1nc(N)cn2ccnc12. The molecule has 0 aliphatic rings. The molecule has 0 unspecified atom stereocenters. The Hall–Kier alpha value is -1.78. The fraction of sp³-hybridized carbons (Fsp3) is 0.333. The predicted octanol–water partition coefficient (Wildman–Crippen LogP) is 1.10. The van der Waals surface area contributed by atoms with Crippen LogP contribution in [0.1, 0.15) is 13.3 Å². The van der Waals surface area contributed by atoms with Crippen LogP contribution in [-0.2, 0) is 0 Å². The Morgan fingerprint density at radius 3 is 3.21 bits per heavy atom. The summed E-state index contributed by atoms with van der Waals surface area (Å²) < 4.78 is 7.23. The van der Waals surface area contributed by atoms with Gasteiger partial charge in [0.15, 0.2) is 0 Å². The molecule has 0 bridgehead atoms. The minimum atomic E-state index is 0.432. The van der Waals surface area contributed by atoms with E-state index in [1.165, 1.54) is 0 Å². The summed E-state index contributed by atoms with van der Waals surface area (Å²) in [4.78, 5) is 8.22. The molecule has 0 fully saturated rings. The average molecular weight is 192 g/mol. The summed E-state index contributed by atoms with van der Waals surface area (Å²) in [6, 6.07) is 0. The van der Waals surface area contributed by atoms with Gasteiger partial charge in [0.2, 0.25) is 5.65 Å². The molecular formula is C9H12N4O. The molecule has 0 aliphatic carbocycles. The van der Waals surface area contributed by atoms with E-state index < -0.39 is 0 Å². The Kier molecular flexibility index (Phi) is 2.22. The number of aromatic nitrogens is 3. The molecule has 74 valence electrons. The zero-order valence-corrected chi connectivity index (χ0v) is 7.97. The van der Waals surface area contributed by atoms with Crippen molar-refractivity contribution in [3.05, 3.63) is 18.6 Å². The molecule has 5 heteroatoms. The Morgan fingerprint density at radius 2 is 2.43 bits per heavy atom. The maximum Gasteiger partial charge on any atom is 0.260 e. The van der Waals surface area contributed by atoms with Crippen molar-refractivity contribution >= 4 is 11.5 Å². The molecule has 0 spiro atoms. The third kappa shape index (κ3) is 1.48. The minimum absolute atomic E-state index is 0.432. The smallest absolute Gasteiger partial charge is 0.260 e. The van der Waals surface area contributed by atoms with Crippen LogP contribution in [0, 0.1) is 0 Å². The largest absolute Gasteiger partial charge is 0.475 e. The van der Waals surface area contributed by atoms with Gasteiger partial charge in [0.05, 0.1) is 12.8 Å². The molecule has 14 heavy (non-hydrogen) atoms. The Labute approximate surface area is 81.5 Å². The first-order valence-corrected chi connectivity index (χ1v) is 4.53. The molecule has 0 radical (unpaired) electrons. The second-order valence-corrected chi connectivity index (χ2v) is 2.98. The van der Waals surface area contributed by atoms with Crippen molar-refractivity contribution in [2.45, 2.75) is 13.3 Å². The first kappa shape index (κ1) is 8.80. The molecule has 2 aromatic rings. The van der Waals surface area contributed by atoms with Crippen LogP contribution in [-0.4, -0.2) is 21.0 Å². The number of fused-ring (bicyclic) bond motifs is 1. The van der Waals surface area contributed by atoms with Crippen LogP contribution in [0.25, 0.3) is 5.65 Å². The first-order chi connectivity index (χ1) is 6.81. The van der Waals surface area contributed by atoms with Gasteiger partial charge in [-0.05, 0) is 6.42 Å². The monoisotopic (exact) mass is 192 g/mol. The van der Waals surface area contributed by atoms with Gasteiger partial charge in [-0.1, -0.05) is 6.92 Å². The van der Waals surface area contributed by atoms with Gasteiger partial charge in [0, 0.05) is 12.4 Å². The molecule has 0 atom stereocenters. The minimum Gasteiger partial charge on any atom is -0.475 e. The van der Waals surface area contributed by atoms with Gasteiger partial charge < -0.3 is 10.5 Å². The highest BCUT2D eigenvalue weighted by atomic mass is 16.5. The molecule has 0 saturated heterocycles. The van der Waals surface area contributed by atoms with Crippen molar-refractivity contribution in [2.24, 2.45) is 0 Å². The molecule has 2 N–H and O–H groups in total. The van der Waals surface area contributed by atoms with Crippen molar-refractivity contribution in [2.75, 3.05) is 12.3 Å². The fourth-order valence-electron chi connectivity index (χ4n) is 1.22. The zero-order chi connectivity index (χ0) is 9.97. The summed E-state index contributed by atoms with van der Waals surface area (Å²) in [6.07, 6.45) is 6.14. The second-order valence-electron chi connectivity index (χ2n) is 2.98. The summed E-state index contributed by atoms with van der Waals surface area (Å²) in [5.41, 5.74) is 6.32. The number of hydrogen-bond acceptors (Lipinski definition) is 4. The standard InChI is InChI=1S/C9H12N4O/c1-2-5-14-9-8-11-3-4-13(8)6-7(10)12-9/h3-4,6H,2,5,10H2,1H3. The van der Waals surface area contributed by atoms with Crippen LogP contribution < -0.4 is 10.5 Å². The quantitative estimate of drug-likeness (QED) is 0.790. The molecular weight excluding hydrogens is 180 g/mol. The van der Waals surface area contributed by atoms with Crippen molar-refractivity contribution in [1.82, 2.24) is 14.4 Å². The van der Waals surface area contributed by atoms with E-state index in [0.717, 1.165) is 6.42 Å². The van der Waals surface area contributed by atoms with E-state index in [0.29, 0.717) is 24.0 Å². The lowest BCUT2D eigenvalue weighted by Crippen LogP contribution is -2.03. The summed E-state index contributed by atoms with van der Waals surface area (Å²) in [6.45, 7) is 2.66. The van der Waals surface area contributed by atoms with Gasteiger partial charge in [-0.3, -0.25) is 4.40 Å². The van der Waals surface area contributed by atoms with Crippen LogP contribution in [0.15, 0.2) is 18.6 Å². The average Bonchev–Trinajstić information content (AvgIpc) is 2.61. The molecule has 0 saturated carbocycles. The van der Waals surface area contributed by atoms with Crippen LogP contribution in [0.4, 0.5) is 5.82 Å². The highest BCUT2D eigenvalue weighted by molar-refractivity contribution is 5.52. The number of rotatable bonds is 3.